The summed E-state index contributed by atoms with van der Waals surface area (Å²) < 4.78 is 14.7. The third kappa shape index (κ3) is 7.96. The first-order valence-corrected chi connectivity index (χ1v) is 18.2. The van der Waals surface area contributed by atoms with E-state index in [-0.39, 0.29) is 40.8 Å². The van der Waals surface area contributed by atoms with E-state index in [4.69, 9.17) is 19.4 Å². The normalized spacial score (nSPS) is 10.8. The van der Waals surface area contributed by atoms with Crippen molar-refractivity contribution in [1.82, 2.24) is 29.5 Å². The number of hydrogen-bond donors (Lipinski definition) is 0. The van der Waals surface area contributed by atoms with Gasteiger partial charge in [-0.05, 0) is 45.8 Å². The smallest absolute Gasteiger partial charge is 0.503 e. The van der Waals surface area contributed by atoms with E-state index in [0.717, 1.165) is 55.5 Å². The van der Waals surface area contributed by atoms with E-state index in [9.17, 15) is 0 Å². The van der Waals surface area contributed by atoms with E-state index >= 15 is 0 Å². The van der Waals surface area contributed by atoms with Gasteiger partial charge in [-0.25, -0.2) is 15.0 Å². The Kier molecular flexibility index (Phi) is 11.6. The first-order chi connectivity index (χ1) is 28.2. The number of rotatable bonds is 9. The van der Waals surface area contributed by atoms with Gasteiger partial charge in [0.15, 0.2) is 0 Å². The molecule has 10 heteroatoms. The predicted octanol–water partition coefficient (Wildman–Crippen LogP) is 11.2. The van der Waals surface area contributed by atoms with Crippen LogP contribution in [0.5, 0.6) is 23.0 Å². The van der Waals surface area contributed by atoms with Crippen LogP contribution in [0.15, 0.2) is 171 Å². The molecule has 4 heterocycles. The predicted molar refractivity (Wildman–Crippen MR) is 220 cm³/mol. The maximum atomic E-state index is 6.42. The molecule has 0 unspecified atom stereocenters. The van der Waals surface area contributed by atoms with Gasteiger partial charge < -0.3 is 24.0 Å². The van der Waals surface area contributed by atoms with Crippen LogP contribution in [0.4, 0.5) is 0 Å². The average molecular weight is 946 g/mol. The van der Waals surface area contributed by atoms with E-state index in [1.807, 2.05) is 114 Å². The van der Waals surface area contributed by atoms with Crippen LogP contribution >= 0.6 is 0 Å². The van der Waals surface area contributed by atoms with Gasteiger partial charge in [0.05, 0.1) is 0 Å². The Balaban J connectivity index is 0.00000242. The van der Waals surface area contributed by atoms with E-state index < -0.39 is 0 Å². The van der Waals surface area contributed by atoms with Gasteiger partial charge in [-0.1, -0.05) is 96.0 Å². The fourth-order valence-corrected chi connectivity index (χ4v) is 6.96. The average Bonchev–Trinajstić information content (AvgIpc) is 3.60. The van der Waals surface area contributed by atoms with Crippen LogP contribution in [-0.4, -0.2) is 29.5 Å². The number of ether oxygens (including phenoxy) is 2. The summed E-state index contributed by atoms with van der Waals surface area (Å²) in [6, 6.07) is 61.5. The number of aromatic nitrogens is 6. The molecule has 0 saturated carbocycles. The summed E-state index contributed by atoms with van der Waals surface area (Å²) in [5.74, 6) is 2.44. The number of nitrogens with zero attached hydrogens (tertiary/aromatic N) is 6. The number of benzene rings is 6. The third-order valence-electron chi connectivity index (χ3n) is 9.49. The van der Waals surface area contributed by atoms with Gasteiger partial charge in [0.2, 0.25) is 5.95 Å². The number of hydrogen-bond acceptors (Lipinski definition) is 7. The van der Waals surface area contributed by atoms with E-state index in [0.29, 0.717) is 40.0 Å². The van der Waals surface area contributed by atoms with E-state index in [1.54, 1.807) is 12.4 Å². The molecule has 0 saturated heterocycles. The van der Waals surface area contributed by atoms with Crippen molar-refractivity contribution < 1.29 is 50.3 Å². The Labute approximate surface area is 367 Å². The van der Waals surface area contributed by atoms with Crippen molar-refractivity contribution in [3.63, 3.8) is 0 Å². The second-order valence-corrected chi connectivity index (χ2v) is 13.0. The Morgan fingerprint density at radius 3 is 1.34 bits per heavy atom. The number of fused-ring (bicyclic) bond motifs is 3. The molecule has 0 radical (unpaired) electrons. The van der Waals surface area contributed by atoms with Crippen LogP contribution in [0.25, 0.3) is 72.5 Å². The molecule has 6 aromatic carbocycles. The van der Waals surface area contributed by atoms with Crippen LogP contribution in [0.3, 0.4) is 0 Å². The second kappa shape index (κ2) is 17.5. The summed E-state index contributed by atoms with van der Waals surface area (Å²) in [5, 5.41) is 1.83. The van der Waals surface area contributed by atoms with Gasteiger partial charge in [0.1, 0.15) is 12.7 Å². The van der Waals surface area contributed by atoms with Gasteiger partial charge in [-0.15, -0.1) is 71.8 Å². The molecular formula is C49H28N6O2Pd2. The molecule has 0 atom stereocenters. The second-order valence-electron chi connectivity index (χ2n) is 13.0. The molecule has 0 amide bonds. The topological polar surface area (TPSA) is 87.8 Å². The monoisotopic (exact) mass is 944 g/mol. The fraction of sp³-hybridized carbons (Fsp3) is 0. The molecule has 0 N–H and O–H groups in total. The maximum absolute atomic E-state index is 6.42. The minimum atomic E-state index is 0. The van der Waals surface area contributed by atoms with Crippen molar-refractivity contribution in [2.75, 3.05) is 0 Å². The first-order valence-electron chi connectivity index (χ1n) is 18.2. The largest absolute Gasteiger partial charge is 2.00 e. The fourth-order valence-electron chi connectivity index (χ4n) is 6.96. The van der Waals surface area contributed by atoms with E-state index in [2.05, 4.69) is 75.6 Å². The molecule has 0 aliphatic carbocycles. The molecule has 286 valence electrons. The summed E-state index contributed by atoms with van der Waals surface area (Å²) in [5.41, 5.74) is 8.83. The standard InChI is InChI=1S/C49H28N6O2.2Pd/c1-3-11-33(12-4-1)41-19-9-25-51-47(41)35-15-7-17-37(27-35)56-39-21-23-43-44-24-22-40(30-46(44)55(45(43)29-39)49-53-31-50-32-54-49)57-38-18-8-16-36(28-38)48-42(20-10-26-52-48)34-13-5-2-6-14-34;;/h1-26,31-32H;;/q-4;2*+2. The molecule has 59 heavy (non-hydrogen) atoms. The molecular weight excluding hydrogens is 917 g/mol. The summed E-state index contributed by atoms with van der Waals surface area (Å²) in [6.45, 7) is 0. The van der Waals surface area contributed by atoms with Crippen LogP contribution in [-0.2, 0) is 40.8 Å². The van der Waals surface area contributed by atoms with Crippen LogP contribution < -0.4 is 9.47 Å². The van der Waals surface area contributed by atoms with Crippen molar-refractivity contribution in [2.24, 2.45) is 0 Å². The Morgan fingerprint density at radius 2 is 0.864 bits per heavy atom. The molecule has 0 fully saturated rings. The van der Waals surface area contributed by atoms with Crippen molar-refractivity contribution in [3.05, 3.63) is 195 Å². The minimum absolute atomic E-state index is 0. The zero-order valence-electron chi connectivity index (χ0n) is 30.8. The summed E-state index contributed by atoms with van der Waals surface area (Å²) in [6.07, 6.45) is 6.50. The Hall–Kier alpha value is -6.65. The van der Waals surface area contributed by atoms with Crippen LogP contribution in [0, 0.1) is 24.3 Å². The summed E-state index contributed by atoms with van der Waals surface area (Å²) in [7, 11) is 0. The van der Waals surface area contributed by atoms with Gasteiger partial charge in [-0.2, -0.15) is 22.9 Å². The van der Waals surface area contributed by atoms with Gasteiger partial charge in [-0.3, -0.25) is 0 Å². The van der Waals surface area contributed by atoms with Crippen LogP contribution in [0.2, 0.25) is 0 Å². The molecule has 0 aliphatic heterocycles. The Bertz CT molecular complexity index is 2850. The number of pyridine rings is 2. The maximum Gasteiger partial charge on any atom is 2.00 e. The van der Waals surface area contributed by atoms with Crippen molar-refractivity contribution in [1.29, 1.82) is 0 Å². The minimum Gasteiger partial charge on any atom is -0.503 e. The SMILES string of the molecule is [Pd+2].[Pd+2].[c-]1c(Oc2[c-]c3c(cc2)c2ccc(Oc4[c-]c(-c5ncccc5-c5ccccc5)ccc4)[c-]c2n3-c2ncncn2)cccc1-c1ncccc1-c1ccccc1. The molecule has 4 aromatic heterocycles. The van der Waals surface area contributed by atoms with E-state index in [1.165, 1.54) is 12.7 Å². The molecule has 8 nitrogen and oxygen atoms in total. The van der Waals surface area contributed by atoms with Gasteiger partial charge in [0, 0.05) is 35.4 Å². The molecule has 0 bridgehead atoms. The molecule has 10 aromatic rings. The van der Waals surface area contributed by atoms with Gasteiger partial charge in [0.25, 0.3) is 0 Å². The Morgan fingerprint density at radius 1 is 0.407 bits per heavy atom. The third-order valence-corrected chi connectivity index (χ3v) is 9.49. The van der Waals surface area contributed by atoms with Crippen molar-refractivity contribution in [3.8, 4) is 73.7 Å². The molecule has 0 spiro atoms. The van der Waals surface area contributed by atoms with Crippen LogP contribution in [0.1, 0.15) is 0 Å². The quantitative estimate of drug-likeness (QED) is 0.105. The molecule has 0 aliphatic rings. The zero-order valence-corrected chi connectivity index (χ0v) is 33.9. The van der Waals surface area contributed by atoms with Crippen molar-refractivity contribution >= 4 is 21.8 Å². The molecule has 10 rings (SSSR count). The van der Waals surface area contributed by atoms with Crippen molar-refractivity contribution in [2.45, 2.75) is 0 Å². The summed E-state index contributed by atoms with van der Waals surface area (Å²) >= 11 is 0. The zero-order chi connectivity index (χ0) is 38.0. The van der Waals surface area contributed by atoms with Gasteiger partial charge >= 0.3 is 40.8 Å². The first kappa shape index (κ1) is 39.2. The summed E-state index contributed by atoms with van der Waals surface area (Å²) in [4.78, 5) is 22.5.